The van der Waals surface area contributed by atoms with E-state index in [4.69, 9.17) is 9.47 Å². The molecule has 2 atom stereocenters. The van der Waals surface area contributed by atoms with Crippen LogP contribution in [0.3, 0.4) is 0 Å². The van der Waals surface area contributed by atoms with Gasteiger partial charge >= 0.3 is 0 Å². The van der Waals surface area contributed by atoms with Crippen LogP contribution < -0.4 is 10.6 Å². The highest BCUT2D eigenvalue weighted by atomic mass is 79.9. The van der Waals surface area contributed by atoms with Crippen LogP contribution in [0.15, 0.2) is 45.3 Å². The lowest BCUT2D eigenvalue weighted by molar-refractivity contribution is 0.0276. The predicted octanol–water partition coefficient (Wildman–Crippen LogP) is 4.12. The van der Waals surface area contributed by atoms with Crippen LogP contribution in [-0.4, -0.2) is 39.4 Å². The predicted molar refractivity (Wildman–Crippen MR) is 114 cm³/mol. The molecule has 2 aliphatic rings. The van der Waals surface area contributed by atoms with Crippen LogP contribution in [0.2, 0.25) is 0 Å². The van der Waals surface area contributed by atoms with Gasteiger partial charge in [0.05, 0.1) is 25.4 Å². The van der Waals surface area contributed by atoms with Gasteiger partial charge in [0.1, 0.15) is 0 Å². The molecule has 27 heavy (non-hydrogen) atoms. The van der Waals surface area contributed by atoms with E-state index in [1.807, 2.05) is 0 Å². The van der Waals surface area contributed by atoms with Gasteiger partial charge in [-0.2, -0.15) is 0 Å². The fourth-order valence-electron chi connectivity index (χ4n) is 3.58. The molecule has 0 aliphatic carbocycles. The summed E-state index contributed by atoms with van der Waals surface area (Å²) in [5.74, 6) is 0. The van der Waals surface area contributed by atoms with Gasteiger partial charge in [0.2, 0.25) is 0 Å². The summed E-state index contributed by atoms with van der Waals surface area (Å²) in [6.45, 7) is 5.14. The molecule has 4 rings (SSSR count). The number of morpholine rings is 2. The van der Waals surface area contributed by atoms with E-state index in [1.165, 1.54) is 22.3 Å². The largest absolute Gasteiger partial charge is 0.371 e. The Hall–Kier alpha value is -0.760. The molecule has 2 aliphatic heterocycles. The SMILES string of the molecule is Brc1cc(C2CNCCO2)ccc1Cc1ccc(C2CNCCO2)cc1Br. The Bertz CT molecular complexity index is 722. The topological polar surface area (TPSA) is 42.5 Å². The Kier molecular flexibility index (Phi) is 6.63. The second-order valence-corrected chi connectivity index (χ2v) is 8.71. The van der Waals surface area contributed by atoms with Gasteiger partial charge in [0.25, 0.3) is 0 Å². The van der Waals surface area contributed by atoms with Gasteiger partial charge in [-0.15, -0.1) is 0 Å². The summed E-state index contributed by atoms with van der Waals surface area (Å²) in [6, 6.07) is 13.1. The maximum Gasteiger partial charge on any atom is 0.0950 e. The Morgan fingerprint density at radius 1 is 0.778 bits per heavy atom. The highest BCUT2D eigenvalue weighted by Crippen LogP contribution is 2.30. The van der Waals surface area contributed by atoms with Crippen LogP contribution in [0, 0.1) is 0 Å². The molecule has 0 aromatic heterocycles. The van der Waals surface area contributed by atoms with E-state index in [0.29, 0.717) is 0 Å². The first-order valence-corrected chi connectivity index (χ1v) is 11.0. The number of halogens is 2. The molecule has 4 nitrogen and oxygen atoms in total. The molecule has 2 N–H and O–H groups in total. The number of rotatable bonds is 4. The zero-order chi connectivity index (χ0) is 18.6. The first-order chi connectivity index (χ1) is 13.2. The van der Waals surface area contributed by atoms with Crippen molar-refractivity contribution in [2.45, 2.75) is 18.6 Å². The van der Waals surface area contributed by atoms with Crippen LogP contribution in [0.1, 0.15) is 34.5 Å². The summed E-state index contributed by atoms with van der Waals surface area (Å²) in [5, 5.41) is 6.77. The minimum Gasteiger partial charge on any atom is -0.371 e. The number of hydrogen-bond acceptors (Lipinski definition) is 4. The zero-order valence-corrected chi connectivity index (χ0v) is 18.3. The third-order valence-corrected chi connectivity index (χ3v) is 6.61. The first kappa shape index (κ1) is 19.6. The first-order valence-electron chi connectivity index (χ1n) is 9.42. The van der Waals surface area contributed by atoms with Crippen LogP contribution in [0.4, 0.5) is 0 Å². The van der Waals surface area contributed by atoms with E-state index < -0.39 is 0 Å². The average Bonchev–Trinajstić information content (AvgIpc) is 2.72. The van der Waals surface area contributed by atoms with Crippen molar-refractivity contribution in [1.29, 1.82) is 0 Å². The molecule has 0 amide bonds. The fraction of sp³-hybridized carbons (Fsp3) is 0.429. The molecule has 6 heteroatoms. The molecule has 2 saturated heterocycles. The van der Waals surface area contributed by atoms with Crippen LogP contribution in [-0.2, 0) is 15.9 Å². The van der Waals surface area contributed by atoms with E-state index in [0.717, 1.165) is 54.8 Å². The van der Waals surface area contributed by atoms with E-state index in [2.05, 4.69) is 78.9 Å². The van der Waals surface area contributed by atoms with Crippen molar-refractivity contribution < 1.29 is 9.47 Å². The summed E-state index contributed by atoms with van der Waals surface area (Å²) in [7, 11) is 0. The van der Waals surface area contributed by atoms with E-state index in [9.17, 15) is 0 Å². The van der Waals surface area contributed by atoms with Crippen molar-refractivity contribution >= 4 is 31.9 Å². The Morgan fingerprint density at radius 3 is 1.63 bits per heavy atom. The lowest BCUT2D eigenvalue weighted by atomic mass is 9.99. The molecule has 0 saturated carbocycles. The van der Waals surface area contributed by atoms with Gasteiger partial charge < -0.3 is 20.1 Å². The highest BCUT2D eigenvalue weighted by molar-refractivity contribution is 9.10. The molecule has 144 valence electrons. The smallest absolute Gasteiger partial charge is 0.0950 e. The van der Waals surface area contributed by atoms with Crippen molar-refractivity contribution in [3.05, 3.63) is 67.6 Å². The summed E-state index contributed by atoms with van der Waals surface area (Å²) in [5.41, 5.74) is 4.97. The van der Waals surface area contributed by atoms with Crippen molar-refractivity contribution in [3.8, 4) is 0 Å². The monoisotopic (exact) mass is 494 g/mol. The second-order valence-electron chi connectivity index (χ2n) is 7.01. The number of benzene rings is 2. The summed E-state index contributed by atoms with van der Waals surface area (Å²) < 4.78 is 14.0. The summed E-state index contributed by atoms with van der Waals surface area (Å²) >= 11 is 7.51. The normalized spacial score (nSPS) is 23.3. The third-order valence-electron chi connectivity index (χ3n) is 5.13. The lowest BCUT2D eigenvalue weighted by Gasteiger charge is -2.25. The molecule has 0 spiro atoms. The molecule has 0 bridgehead atoms. The van der Waals surface area contributed by atoms with Crippen LogP contribution >= 0.6 is 31.9 Å². The van der Waals surface area contributed by atoms with Crippen molar-refractivity contribution in [2.24, 2.45) is 0 Å². The number of nitrogens with one attached hydrogen (secondary N) is 2. The second kappa shape index (κ2) is 9.16. The Labute approximate surface area is 177 Å². The van der Waals surface area contributed by atoms with E-state index >= 15 is 0 Å². The number of hydrogen-bond donors (Lipinski definition) is 2. The minimum absolute atomic E-state index is 0.138. The zero-order valence-electron chi connectivity index (χ0n) is 15.1. The highest BCUT2D eigenvalue weighted by Gasteiger charge is 2.18. The van der Waals surface area contributed by atoms with Gasteiger partial charge in [-0.1, -0.05) is 56.1 Å². The quantitative estimate of drug-likeness (QED) is 0.669. The van der Waals surface area contributed by atoms with Gasteiger partial charge in [-0.25, -0.2) is 0 Å². The van der Waals surface area contributed by atoms with Gasteiger partial charge in [-0.05, 0) is 40.8 Å². The Balaban J connectivity index is 1.48. The molecule has 2 heterocycles. The third kappa shape index (κ3) is 4.81. The molecule has 2 aromatic rings. The van der Waals surface area contributed by atoms with Crippen LogP contribution in [0.5, 0.6) is 0 Å². The molecular weight excluding hydrogens is 472 g/mol. The molecule has 2 fully saturated rings. The van der Waals surface area contributed by atoms with Crippen molar-refractivity contribution in [3.63, 3.8) is 0 Å². The van der Waals surface area contributed by atoms with E-state index in [1.54, 1.807) is 0 Å². The minimum atomic E-state index is 0.138. The standard InChI is InChI=1S/C21H24Br2N2O2/c22-18-10-16(20-12-24-5-7-26-20)3-1-14(18)9-15-2-4-17(11-19(15)23)21-13-25-6-8-27-21/h1-4,10-11,20-21,24-25H,5-9,12-13H2. The lowest BCUT2D eigenvalue weighted by Crippen LogP contribution is -2.33. The van der Waals surface area contributed by atoms with Gasteiger partial charge in [-0.3, -0.25) is 0 Å². The summed E-state index contributed by atoms with van der Waals surface area (Å²) in [6.07, 6.45) is 1.15. The molecule has 2 aromatic carbocycles. The fourth-order valence-corrected chi connectivity index (χ4v) is 4.65. The molecule has 0 radical (unpaired) electrons. The van der Waals surface area contributed by atoms with Crippen molar-refractivity contribution in [1.82, 2.24) is 10.6 Å². The maximum absolute atomic E-state index is 5.86. The average molecular weight is 496 g/mol. The van der Waals surface area contributed by atoms with Gasteiger partial charge in [0, 0.05) is 35.1 Å². The molecular formula is C21H24Br2N2O2. The van der Waals surface area contributed by atoms with E-state index in [-0.39, 0.29) is 12.2 Å². The summed E-state index contributed by atoms with van der Waals surface area (Å²) in [4.78, 5) is 0. The number of ether oxygens (including phenoxy) is 2. The van der Waals surface area contributed by atoms with Crippen molar-refractivity contribution in [2.75, 3.05) is 39.4 Å². The van der Waals surface area contributed by atoms with Crippen LogP contribution in [0.25, 0.3) is 0 Å². The maximum atomic E-state index is 5.86. The van der Waals surface area contributed by atoms with Gasteiger partial charge in [0.15, 0.2) is 0 Å². The molecule has 2 unspecified atom stereocenters. The Morgan fingerprint density at radius 2 is 1.26 bits per heavy atom.